The molecule has 0 aliphatic rings. The molecule has 0 bridgehead atoms. The molecule has 3 aromatic heterocycles. The van der Waals surface area contributed by atoms with Crippen LogP contribution in [0, 0.1) is 15.5 Å². The lowest BCUT2D eigenvalue weighted by atomic mass is 10.3. The summed E-state index contributed by atoms with van der Waals surface area (Å²) in [6, 6.07) is 3.33. The van der Waals surface area contributed by atoms with E-state index in [1.54, 1.807) is 13.1 Å². The monoisotopic (exact) mass is 484 g/mol. The van der Waals surface area contributed by atoms with Crippen LogP contribution in [-0.2, 0) is 7.05 Å². The number of nitrogens with two attached hydrogens (primary N) is 1. The summed E-state index contributed by atoms with van der Waals surface area (Å²) in [5.41, 5.74) is 6.05. The molecule has 35 heavy (non-hydrogen) atoms. The lowest BCUT2D eigenvalue weighted by Gasteiger charge is -2.18. The second kappa shape index (κ2) is 9.90. The van der Waals surface area contributed by atoms with Crippen LogP contribution >= 0.6 is 0 Å². The normalized spacial score (nSPS) is 10.6. The molecule has 15 nitrogen and oxygen atoms in total. The van der Waals surface area contributed by atoms with Crippen LogP contribution in [0.25, 0.3) is 0 Å². The fourth-order valence-electron chi connectivity index (χ4n) is 3.11. The third-order valence-electron chi connectivity index (χ3n) is 5.07. The molecule has 15 heteroatoms. The maximum Gasteiger partial charge on any atom is 0.390 e. The van der Waals surface area contributed by atoms with Gasteiger partial charge in [-0.15, -0.1) is 0 Å². The molecule has 0 unspecified atom stereocenters. The second-order valence-corrected chi connectivity index (χ2v) is 7.63. The van der Waals surface area contributed by atoms with Gasteiger partial charge in [0.15, 0.2) is 5.69 Å². The van der Waals surface area contributed by atoms with Crippen LogP contribution in [0.15, 0.2) is 43.0 Å². The molecule has 3 aromatic rings. The number of anilines is 2. The van der Waals surface area contributed by atoms with E-state index in [2.05, 4.69) is 10.4 Å². The number of amidine groups is 1. The van der Waals surface area contributed by atoms with Crippen LogP contribution in [0.5, 0.6) is 0 Å². The predicted octanol–water partition coefficient (Wildman–Crippen LogP) is 1.51. The lowest BCUT2D eigenvalue weighted by molar-refractivity contribution is -0.389. The van der Waals surface area contributed by atoms with E-state index >= 15 is 0 Å². The van der Waals surface area contributed by atoms with Gasteiger partial charge in [0.25, 0.3) is 5.91 Å². The highest BCUT2D eigenvalue weighted by Gasteiger charge is 2.22. The fourth-order valence-corrected chi connectivity index (χ4v) is 3.11. The van der Waals surface area contributed by atoms with Gasteiger partial charge in [-0.1, -0.05) is 0 Å². The number of hydrogen-bond donors (Lipinski definition) is 3. The highest BCUT2D eigenvalue weighted by Crippen LogP contribution is 2.18. The Labute approximate surface area is 199 Å². The molecule has 0 fully saturated rings. The van der Waals surface area contributed by atoms with Crippen molar-refractivity contribution in [1.29, 1.82) is 5.41 Å². The standard InChI is InChI=1S/C20H24N10O5/c1-25(7-6-16(21)22)19(32)29-9-5-14(12-29)26(2)20(33)28-8-4-13(11-28)23-18(31)15-10-17(30(34)35)24-27(15)3/h4-5,8-12H,6-7H2,1-3H3,(H3,21,22)(H,23,31). The number of rotatable bonds is 7. The molecular formula is C20H24N10O5. The molecule has 4 N–H and O–H groups in total. The minimum atomic E-state index is -0.702. The first kappa shape index (κ1) is 24.7. The van der Waals surface area contributed by atoms with Crippen molar-refractivity contribution in [2.24, 2.45) is 12.8 Å². The molecule has 0 spiro atoms. The smallest absolute Gasteiger partial charge is 0.388 e. The van der Waals surface area contributed by atoms with Crippen molar-refractivity contribution in [3.05, 3.63) is 58.8 Å². The molecule has 0 aliphatic carbocycles. The van der Waals surface area contributed by atoms with Gasteiger partial charge in [-0.25, -0.2) is 9.59 Å². The average Bonchev–Trinajstić information content (AvgIpc) is 3.55. The minimum Gasteiger partial charge on any atom is -0.388 e. The van der Waals surface area contributed by atoms with Gasteiger partial charge in [-0.05, 0) is 17.1 Å². The zero-order chi connectivity index (χ0) is 25.9. The van der Waals surface area contributed by atoms with Crippen LogP contribution in [0.3, 0.4) is 0 Å². The van der Waals surface area contributed by atoms with Gasteiger partial charge in [0.1, 0.15) is 0 Å². The van der Waals surface area contributed by atoms with E-state index < -0.39 is 22.7 Å². The first-order chi connectivity index (χ1) is 16.5. The van der Waals surface area contributed by atoms with Crippen molar-refractivity contribution >= 4 is 41.0 Å². The van der Waals surface area contributed by atoms with Crippen molar-refractivity contribution in [2.45, 2.75) is 6.42 Å². The summed E-state index contributed by atoms with van der Waals surface area (Å²) in [5, 5.41) is 24.3. The minimum absolute atomic E-state index is 0.0211. The fraction of sp³-hybridized carbons (Fsp3) is 0.250. The first-order valence-corrected chi connectivity index (χ1v) is 10.2. The molecule has 0 aliphatic heterocycles. The van der Waals surface area contributed by atoms with Crippen LogP contribution in [0.4, 0.5) is 26.8 Å². The molecular weight excluding hydrogens is 460 g/mol. The van der Waals surface area contributed by atoms with Gasteiger partial charge in [0, 0.05) is 51.8 Å². The van der Waals surface area contributed by atoms with Gasteiger partial charge in [-0.2, -0.15) is 4.68 Å². The Hall–Kier alpha value is -4.95. The van der Waals surface area contributed by atoms with E-state index in [9.17, 15) is 24.5 Å². The first-order valence-electron chi connectivity index (χ1n) is 10.2. The van der Waals surface area contributed by atoms with E-state index in [-0.39, 0.29) is 30.5 Å². The average molecular weight is 484 g/mol. The van der Waals surface area contributed by atoms with E-state index in [1.807, 2.05) is 0 Å². The van der Waals surface area contributed by atoms with E-state index in [4.69, 9.17) is 11.1 Å². The van der Waals surface area contributed by atoms with Crippen LogP contribution < -0.4 is 16.0 Å². The highest BCUT2D eigenvalue weighted by atomic mass is 16.6. The topological polar surface area (TPSA) is 190 Å². The number of carbonyl (C=O) groups excluding carboxylic acids is 3. The molecule has 3 amide bonds. The molecule has 0 saturated heterocycles. The summed E-state index contributed by atoms with van der Waals surface area (Å²) in [6.45, 7) is 0.278. The Bertz CT molecular complexity index is 1300. The number of aromatic nitrogens is 4. The second-order valence-electron chi connectivity index (χ2n) is 7.63. The van der Waals surface area contributed by atoms with Gasteiger partial charge in [-0.3, -0.25) is 24.2 Å². The third-order valence-corrected chi connectivity index (χ3v) is 5.07. The number of aryl methyl sites for hydroxylation is 1. The highest BCUT2D eigenvalue weighted by molar-refractivity contribution is 6.03. The zero-order valence-corrected chi connectivity index (χ0v) is 19.2. The van der Waals surface area contributed by atoms with Gasteiger partial charge >= 0.3 is 17.9 Å². The Kier molecular flexibility index (Phi) is 6.98. The third kappa shape index (κ3) is 5.52. The summed E-state index contributed by atoms with van der Waals surface area (Å²) in [7, 11) is 4.52. The van der Waals surface area contributed by atoms with E-state index in [0.717, 1.165) is 10.7 Å². The number of amides is 3. The summed E-state index contributed by atoms with van der Waals surface area (Å²) < 4.78 is 3.64. The number of hydrogen-bond acceptors (Lipinski definition) is 7. The zero-order valence-electron chi connectivity index (χ0n) is 19.2. The van der Waals surface area contributed by atoms with Crippen LogP contribution in [0.2, 0.25) is 0 Å². The summed E-state index contributed by atoms with van der Waals surface area (Å²) >= 11 is 0. The van der Waals surface area contributed by atoms with Gasteiger partial charge in [0.05, 0.1) is 35.4 Å². The molecule has 3 rings (SSSR count). The maximum atomic E-state index is 12.9. The Morgan fingerprint density at radius 2 is 1.83 bits per heavy atom. The Morgan fingerprint density at radius 1 is 1.17 bits per heavy atom. The quantitative estimate of drug-likeness (QED) is 0.196. The molecule has 0 atom stereocenters. The molecule has 3 heterocycles. The van der Waals surface area contributed by atoms with Gasteiger partial charge < -0.3 is 26.1 Å². The molecule has 0 saturated carbocycles. The Morgan fingerprint density at radius 3 is 2.46 bits per heavy atom. The largest absolute Gasteiger partial charge is 0.390 e. The van der Waals surface area contributed by atoms with Crippen molar-refractivity contribution in [1.82, 2.24) is 23.8 Å². The Balaban J connectivity index is 1.66. The number of nitro groups is 1. The van der Waals surface area contributed by atoms with Crippen molar-refractivity contribution in [2.75, 3.05) is 30.9 Å². The van der Waals surface area contributed by atoms with Crippen molar-refractivity contribution in [3.8, 4) is 0 Å². The van der Waals surface area contributed by atoms with E-state index in [0.29, 0.717) is 11.4 Å². The van der Waals surface area contributed by atoms with E-state index in [1.165, 1.54) is 63.9 Å². The summed E-state index contributed by atoms with van der Waals surface area (Å²) in [4.78, 5) is 50.7. The van der Waals surface area contributed by atoms with Crippen LogP contribution in [-0.4, -0.2) is 73.2 Å². The SMILES string of the molecule is CN(CCC(=N)N)C(=O)n1ccc(N(C)C(=O)n2ccc(NC(=O)c3cc([N+](=O)[O-])nn3C)c2)c1. The molecule has 0 aromatic carbocycles. The number of nitrogens with zero attached hydrogens (tertiary/aromatic N) is 7. The number of carbonyl (C=O) groups is 3. The molecule has 184 valence electrons. The summed E-state index contributed by atoms with van der Waals surface area (Å²) in [6.07, 6.45) is 6.09. The number of nitrogens with one attached hydrogen (secondary N) is 2. The lowest BCUT2D eigenvalue weighted by Crippen LogP contribution is -2.33. The molecule has 0 radical (unpaired) electrons. The van der Waals surface area contributed by atoms with Crippen molar-refractivity contribution < 1.29 is 19.3 Å². The van der Waals surface area contributed by atoms with Gasteiger partial charge in [0.2, 0.25) is 0 Å². The maximum absolute atomic E-state index is 12.9. The summed E-state index contributed by atoms with van der Waals surface area (Å²) in [5.74, 6) is -1.11. The van der Waals surface area contributed by atoms with Crippen molar-refractivity contribution in [3.63, 3.8) is 0 Å². The predicted molar refractivity (Wildman–Crippen MR) is 126 cm³/mol. The van der Waals surface area contributed by atoms with Crippen LogP contribution in [0.1, 0.15) is 16.9 Å².